The predicted octanol–water partition coefficient (Wildman–Crippen LogP) is 5.94. The third kappa shape index (κ3) is 3.43. The monoisotopic (exact) mass is 341 g/mol. The highest BCUT2D eigenvalue weighted by molar-refractivity contribution is 7.16. The molecule has 108 valence electrons. The van der Waals surface area contributed by atoms with Crippen molar-refractivity contribution in [3.63, 3.8) is 0 Å². The maximum Gasteiger partial charge on any atom is 0.128 e. The molecule has 0 bridgehead atoms. The minimum atomic E-state index is -0.605. The van der Waals surface area contributed by atoms with Gasteiger partial charge in [-0.2, -0.15) is 0 Å². The van der Waals surface area contributed by atoms with E-state index >= 15 is 0 Å². The van der Waals surface area contributed by atoms with E-state index in [1.54, 1.807) is 11.3 Å². The second-order valence-electron chi connectivity index (χ2n) is 4.39. The van der Waals surface area contributed by atoms with Gasteiger partial charge in [0.05, 0.1) is 10.4 Å². The van der Waals surface area contributed by atoms with Gasteiger partial charge in [0.1, 0.15) is 11.6 Å². The Morgan fingerprint density at radius 3 is 2.33 bits per heavy atom. The van der Waals surface area contributed by atoms with Crippen molar-refractivity contribution in [2.45, 2.75) is 6.04 Å². The highest BCUT2D eigenvalue weighted by Gasteiger charge is 2.18. The summed E-state index contributed by atoms with van der Waals surface area (Å²) in [6.45, 7) is 0. The highest BCUT2D eigenvalue weighted by atomic mass is 35.5. The zero-order valence-electron chi connectivity index (χ0n) is 10.6. The molecule has 21 heavy (non-hydrogen) atoms. The van der Waals surface area contributed by atoms with Crippen LogP contribution in [0.5, 0.6) is 0 Å². The normalized spacial score (nSPS) is 12.3. The van der Waals surface area contributed by atoms with Crippen molar-refractivity contribution in [3.05, 3.63) is 73.6 Å². The van der Waals surface area contributed by atoms with Gasteiger partial charge in [0.15, 0.2) is 0 Å². The third-order valence-corrected chi connectivity index (χ3v) is 5.11. The van der Waals surface area contributed by atoms with Crippen LogP contribution in [0.15, 0.2) is 47.8 Å². The molecule has 6 heteroatoms. The van der Waals surface area contributed by atoms with Gasteiger partial charge in [-0.1, -0.05) is 17.7 Å². The molecule has 0 aliphatic heterocycles. The summed E-state index contributed by atoms with van der Waals surface area (Å²) in [6.07, 6.45) is 0. The molecule has 3 aromatic rings. The molecule has 1 atom stereocenters. The number of rotatable bonds is 4. The average Bonchev–Trinajstić information content (AvgIpc) is 3.06. The standard InChI is InChI=1S/C15H10ClF2NS2/c16-14-4-3-13(21-14)15(12-2-1-5-20-12)19-11-7-9(17)6-10(18)8-11/h1-8,15,19H. The second-order valence-corrected chi connectivity index (χ2v) is 7.12. The van der Waals surface area contributed by atoms with Gasteiger partial charge in [0, 0.05) is 21.5 Å². The molecule has 0 spiro atoms. The van der Waals surface area contributed by atoms with E-state index in [-0.39, 0.29) is 6.04 Å². The van der Waals surface area contributed by atoms with Crippen molar-refractivity contribution in [2.75, 3.05) is 5.32 Å². The minimum absolute atomic E-state index is 0.177. The lowest BCUT2D eigenvalue weighted by molar-refractivity contribution is 0.584. The fraction of sp³-hybridized carbons (Fsp3) is 0.0667. The number of nitrogens with one attached hydrogen (secondary N) is 1. The Hall–Kier alpha value is -1.43. The molecular formula is C15H10ClF2NS2. The van der Waals surface area contributed by atoms with E-state index in [1.807, 2.05) is 29.6 Å². The summed E-state index contributed by atoms with van der Waals surface area (Å²) >= 11 is 9.01. The largest absolute Gasteiger partial charge is 0.373 e. The molecule has 0 aliphatic rings. The molecule has 2 heterocycles. The molecule has 0 saturated heterocycles. The minimum Gasteiger partial charge on any atom is -0.373 e. The molecule has 0 aliphatic carbocycles. The Morgan fingerprint density at radius 2 is 1.76 bits per heavy atom. The van der Waals surface area contributed by atoms with Gasteiger partial charge >= 0.3 is 0 Å². The maximum absolute atomic E-state index is 13.3. The molecule has 0 radical (unpaired) electrons. The zero-order valence-corrected chi connectivity index (χ0v) is 13.0. The van der Waals surface area contributed by atoms with Crippen LogP contribution in [-0.2, 0) is 0 Å². The lowest BCUT2D eigenvalue weighted by Crippen LogP contribution is -2.09. The smallest absolute Gasteiger partial charge is 0.128 e. The van der Waals surface area contributed by atoms with Crippen molar-refractivity contribution in [2.24, 2.45) is 0 Å². The highest BCUT2D eigenvalue weighted by Crippen LogP contribution is 2.35. The number of halogens is 3. The lowest BCUT2D eigenvalue weighted by Gasteiger charge is -2.17. The molecule has 1 unspecified atom stereocenters. The topological polar surface area (TPSA) is 12.0 Å². The van der Waals surface area contributed by atoms with Crippen LogP contribution in [-0.4, -0.2) is 0 Å². The summed E-state index contributed by atoms with van der Waals surface area (Å²) in [5.41, 5.74) is 0.399. The third-order valence-electron chi connectivity index (χ3n) is 2.88. The van der Waals surface area contributed by atoms with Gasteiger partial charge in [-0.25, -0.2) is 8.78 Å². The molecule has 0 amide bonds. The molecule has 3 rings (SSSR count). The van der Waals surface area contributed by atoms with Gasteiger partial charge in [-0.15, -0.1) is 22.7 Å². The molecular weight excluding hydrogens is 332 g/mol. The molecule has 1 aromatic carbocycles. The number of thiophene rings is 2. The van der Waals surface area contributed by atoms with E-state index in [0.29, 0.717) is 10.0 Å². The first-order valence-corrected chi connectivity index (χ1v) is 8.20. The maximum atomic E-state index is 13.3. The van der Waals surface area contributed by atoms with Gasteiger partial charge in [-0.3, -0.25) is 0 Å². The zero-order chi connectivity index (χ0) is 14.8. The summed E-state index contributed by atoms with van der Waals surface area (Å²) in [5, 5.41) is 5.14. The molecule has 1 N–H and O–H groups in total. The summed E-state index contributed by atoms with van der Waals surface area (Å²) < 4.78 is 27.3. The second kappa shape index (κ2) is 6.13. The van der Waals surface area contributed by atoms with Crippen molar-refractivity contribution < 1.29 is 8.78 Å². The number of anilines is 1. The van der Waals surface area contributed by atoms with Crippen LogP contribution >= 0.6 is 34.3 Å². The lowest BCUT2D eigenvalue weighted by atomic mass is 10.2. The van der Waals surface area contributed by atoms with Crippen LogP contribution in [0.1, 0.15) is 15.8 Å². The summed E-state index contributed by atoms with van der Waals surface area (Å²) in [5.74, 6) is -1.21. The Bertz CT molecular complexity index is 720. The molecule has 1 nitrogen and oxygen atoms in total. The fourth-order valence-electron chi connectivity index (χ4n) is 2.03. The van der Waals surface area contributed by atoms with Gasteiger partial charge in [0.25, 0.3) is 0 Å². The van der Waals surface area contributed by atoms with E-state index < -0.39 is 11.6 Å². The van der Waals surface area contributed by atoms with E-state index in [9.17, 15) is 8.78 Å². The molecule has 0 saturated carbocycles. The fourth-order valence-corrected chi connectivity index (χ4v) is 4.02. The SMILES string of the molecule is Fc1cc(F)cc(NC(c2cccs2)c2ccc(Cl)s2)c1. The Morgan fingerprint density at radius 1 is 1.00 bits per heavy atom. The molecule has 0 fully saturated rings. The van der Waals surface area contributed by atoms with Crippen LogP contribution in [0.25, 0.3) is 0 Å². The van der Waals surface area contributed by atoms with Crippen molar-refractivity contribution >= 4 is 40.0 Å². The summed E-state index contributed by atoms with van der Waals surface area (Å²) in [4.78, 5) is 2.05. The first-order chi connectivity index (χ1) is 10.1. The Kier molecular flexibility index (Phi) is 4.24. The predicted molar refractivity (Wildman–Crippen MR) is 85.5 cm³/mol. The Balaban J connectivity index is 1.96. The van der Waals surface area contributed by atoms with E-state index in [1.165, 1.54) is 23.5 Å². The van der Waals surface area contributed by atoms with Gasteiger partial charge in [0.2, 0.25) is 0 Å². The van der Waals surface area contributed by atoms with Gasteiger partial charge in [-0.05, 0) is 35.7 Å². The van der Waals surface area contributed by atoms with Crippen LogP contribution in [0, 0.1) is 11.6 Å². The van der Waals surface area contributed by atoms with Crippen LogP contribution in [0.4, 0.5) is 14.5 Å². The van der Waals surface area contributed by atoms with Crippen LogP contribution < -0.4 is 5.32 Å². The number of hydrogen-bond acceptors (Lipinski definition) is 3. The van der Waals surface area contributed by atoms with Crippen molar-refractivity contribution in [1.29, 1.82) is 0 Å². The van der Waals surface area contributed by atoms with E-state index in [4.69, 9.17) is 11.6 Å². The molecule has 2 aromatic heterocycles. The van der Waals surface area contributed by atoms with E-state index in [2.05, 4.69) is 5.32 Å². The summed E-state index contributed by atoms with van der Waals surface area (Å²) in [7, 11) is 0. The van der Waals surface area contributed by atoms with Crippen LogP contribution in [0.3, 0.4) is 0 Å². The first-order valence-electron chi connectivity index (χ1n) is 6.13. The quantitative estimate of drug-likeness (QED) is 0.619. The first kappa shape index (κ1) is 14.5. The number of hydrogen-bond donors (Lipinski definition) is 1. The van der Waals surface area contributed by atoms with Crippen molar-refractivity contribution in [3.8, 4) is 0 Å². The average molecular weight is 342 g/mol. The van der Waals surface area contributed by atoms with Gasteiger partial charge < -0.3 is 5.32 Å². The van der Waals surface area contributed by atoms with E-state index in [0.717, 1.165) is 15.8 Å². The summed E-state index contributed by atoms with van der Waals surface area (Å²) in [6, 6.07) is 10.9. The Labute approximate surface area is 133 Å². The number of benzene rings is 1. The van der Waals surface area contributed by atoms with Crippen LogP contribution in [0.2, 0.25) is 4.34 Å². The van der Waals surface area contributed by atoms with Crippen molar-refractivity contribution in [1.82, 2.24) is 0 Å².